The van der Waals surface area contributed by atoms with E-state index in [4.69, 9.17) is 0 Å². The summed E-state index contributed by atoms with van der Waals surface area (Å²) in [7, 11) is 0. The van der Waals surface area contributed by atoms with Crippen molar-refractivity contribution in [3.05, 3.63) is 24.8 Å². The van der Waals surface area contributed by atoms with Crippen molar-refractivity contribution < 1.29 is 5.11 Å². The lowest BCUT2D eigenvalue weighted by atomic mass is 9.98. The molecule has 3 nitrogen and oxygen atoms in total. The minimum Gasteiger partial charge on any atom is -0.506 e. The summed E-state index contributed by atoms with van der Waals surface area (Å²) >= 11 is 4.49. The number of phenols is 1. The molecule has 1 aromatic rings. The molecule has 0 amide bonds. The molecule has 0 spiro atoms. The largest absolute Gasteiger partial charge is 0.506 e. The third-order valence-electron chi connectivity index (χ3n) is 4.27. The number of benzene rings is 1. The first-order valence-electron chi connectivity index (χ1n) is 7.28. The van der Waals surface area contributed by atoms with Gasteiger partial charge in [0, 0.05) is 32.2 Å². The van der Waals surface area contributed by atoms with E-state index in [1.54, 1.807) is 0 Å². The molecule has 1 aliphatic carbocycles. The Bertz CT molecular complexity index is 471. The average molecular weight is 571 g/mol. The minimum atomic E-state index is 0. The molecule has 22 heavy (non-hydrogen) atoms. The van der Waals surface area contributed by atoms with Gasteiger partial charge in [0.15, 0.2) is 0 Å². The molecule has 1 atom stereocenters. The molecular formula is C15H22Cl2I2N2O. The van der Waals surface area contributed by atoms with Gasteiger partial charge in [-0.3, -0.25) is 4.90 Å². The van der Waals surface area contributed by atoms with Gasteiger partial charge in [-0.25, -0.2) is 0 Å². The molecule has 1 aliphatic heterocycles. The third-order valence-corrected chi connectivity index (χ3v) is 5.91. The lowest BCUT2D eigenvalue weighted by Gasteiger charge is -2.35. The normalized spacial score (nSPS) is 19.9. The molecule has 0 aromatic heterocycles. The standard InChI is InChI=1S/C15H20I2N2O.2ClH/c16-12-8-11(9-13(17)15(12)20)14(7-10-1-2-10)19-5-3-18-4-6-19;;/h8-10,14,18,20H,1-7H2;2*1H/t14-;;/m0../s1. The van der Waals surface area contributed by atoms with Crippen LogP contribution < -0.4 is 5.32 Å². The zero-order valence-corrected chi connectivity index (χ0v) is 18.2. The van der Waals surface area contributed by atoms with Crippen LogP contribution in [0, 0.1) is 13.1 Å². The summed E-state index contributed by atoms with van der Waals surface area (Å²) < 4.78 is 1.95. The van der Waals surface area contributed by atoms with E-state index in [2.05, 4.69) is 67.5 Å². The number of hydrogen-bond acceptors (Lipinski definition) is 3. The Morgan fingerprint density at radius 2 is 1.68 bits per heavy atom. The maximum absolute atomic E-state index is 9.98. The molecule has 0 unspecified atom stereocenters. The van der Waals surface area contributed by atoms with Crippen molar-refractivity contribution in [2.75, 3.05) is 26.2 Å². The van der Waals surface area contributed by atoms with Crippen molar-refractivity contribution in [3.63, 3.8) is 0 Å². The summed E-state index contributed by atoms with van der Waals surface area (Å²) in [5, 5.41) is 13.4. The van der Waals surface area contributed by atoms with Crippen molar-refractivity contribution >= 4 is 70.0 Å². The third kappa shape index (κ3) is 5.24. The van der Waals surface area contributed by atoms with Gasteiger partial charge in [-0.05, 0) is 75.2 Å². The van der Waals surface area contributed by atoms with Crippen LogP contribution in [0.5, 0.6) is 5.75 Å². The molecule has 2 N–H and O–H groups in total. The summed E-state index contributed by atoms with van der Waals surface area (Å²) in [6.07, 6.45) is 4.07. The first kappa shape index (κ1) is 21.0. The van der Waals surface area contributed by atoms with E-state index in [1.807, 2.05) is 0 Å². The van der Waals surface area contributed by atoms with E-state index in [9.17, 15) is 5.11 Å². The van der Waals surface area contributed by atoms with E-state index in [1.165, 1.54) is 24.8 Å². The molecule has 1 saturated carbocycles. The van der Waals surface area contributed by atoms with Crippen molar-refractivity contribution in [3.8, 4) is 5.75 Å². The van der Waals surface area contributed by atoms with Crippen LogP contribution in [-0.2, 0) is 0 Å². The smallest absolute Gasteiger partial charge is 0.142 e. The molecule has 2 aliphatic rings. The second-order valence-electron chi connectivity index (χ2n) is 5.81. The van der Waals surface area contributed by atoms with Crippen molar-refractivity contribution in [1.29, 1.82) is 0 Å². The maximum atomic E-state index is 9.98. The lowest BCUT2D eigenvalue weighted by molar-refractivity contribution is 0.160. The van der Waals surface area contributed by atoms with Crippen molar-refractivity contribution in [2.45, 2.75) is 25.3 Å². The Hall–Kier alpha value is 0.980. The Morgan fingerprint density at radius 3 is 2.18 bits per heavy atom. The number of nitrogens with zero attached hydrogens (tertiary/aromatic N) is 1. The highest BCUT2D eigenvalue weighted by Crippen LogP contribution is 2.41. The quantitative estimate of drug-likeness (QED) is 0.533. The van der Waals surface area contributed by atoms with Crippen LogP contribution in [0.25, 0.3) is 0 Å². The predicted octanol–water partition coefficient (Wildman–Crippen LogP) is 4.19. The van der Waals surface area contributed by atoms with E-state index in [-0.39, 0.29) is 24.8 Å². The van der Waals surface area contributed by atoms with Crippen LogP contribution >= 0.6 is 70.0 Å². The highest BCUT2D eigenvalue weighted by atomic mass is 127. The Labute approximate surface area is 172 Å². The molecule has 1 saturated heterocycles. The molecule has 1 aromatic carbocycles. The average Bonchev–Trinajstić information content (AvgIpc) is 3.27. The van der Waals surface area contributed by atoms with Gasteiger partial charge in [-0.15, -0.1) is 24.8 Å². The number of halogens is 4. The lowest BCUT2D eigenvalue weighted by Crippen LogP contribution is -2.45. The summed E-state index contributed by atoms with van der Waals surface area (Å²) in [5.41, 5.74) is 1.38. The number of phenolic OH excluding ortho intramolecular Hbond substituents is 1. The Balaban J connectivity index is 0.00000121. The first-order valence-corrected chi connectivity index (χ1v) is 9.43. The van der Waals surface area contributed by atoms with Crippen LogP contribution in [0.3, 0.4) is 0 Å². The van der Waals surface area contributed by atoms with Gasteiger partial charge in [0.05, 0.1) is 7.14 Å². The SMILES string of the molecule is Cl.Cl.Oc1c(I)cc([C@H](CC2CC2)N2CCNCC2)cc1I. The maximum Gasteiger partial charge on any atom is 0.142 e. The Kier molecular flexibility index (Phi) is 9.04. The fourth-order valence-corrected chi connectivity index (χ4v) is 4.75. The summed E-state index contributed by atoms with van der Waals surface area (Å²) in [4.78, 5) is 2.62. The van der Waals surface area contributed by atoms with E-state index in [0.717, 1.165) is 39.2 Å². The van der Waals surface area contributed by atoms with Gasteiger partial charge >= 0.3 is 0 Å². The van der Waals surface area contributed by atoms with Crippen LogP contribution in [0.4, 0.5) is 0 Å². The fraction of sp³-hybridized carbons (Fsp3) is 0.600. The van der Waals surface area contributed by atoms with Gasteiger partial charge in [-0.1, -0.05) is 12.8 Å². The van der Waals surface area contributed by atoms with Crippen LogP contribution in [0.15, 0.2) is 12.1 Å². The number of piperazine rings is 1. The summed E-state index contributed by atoms with van der Waals surface area (Å²) in [5.74, 6) is 1.35. The summed E-state index contributed by atoms with van der Waals surface area (Å²) in [6.45, 7) is 4.44. The molecule has 3 rings (SSSR count). The Morgan fingerprint density at radius 1 is 1.14 bits per heavy atom. The second-order valence-corrected chi connectivity index (χ2v) is 8.14. The topological polar surface area (TPSA) is 35.5 Å². The number of nitrogens with one attached hydrogen (secondary N) is 1. The van der Waals surface area contributed by atoms with E-state index < -0.39 is 0 Å². The van der Waals surface area contributed by atoms with Crippen molar-refractivity contribution in [2.24, 2.45) is 5.92 Å². The number of hydrogen-bond donors (Lipinski definition) is 2. The number of aromatic hydroxyl groups is 1. The van der Waals surface area contributed by atoms with Gasteiger partial charge in [0.1, 0.15) is 5.75 Å². The van der Waals surface area contributed by atoms with Crippen LogP contribution in [-0.4, -0.2) is 36.2 Å². The highest BCUT2D eigenvalue weighted by Gasteiger charge is 2.31. The van der Waals surface area contributed by atoms with Crippen LogP contribution in [0.1, 0.15) is 30.9 Å². The molecule has 7 heteroatoms. The molecule has 1 heterocycles. The van der Waals surface area contributed by atoms with Gasteiger partial charge in [-0.2, -0.15) is 0 Å². The highest BCUT2D eigenvalue weighted by molar-refractivity contribution is 14.1. The molecule has 0 bridgehead atoms. The molecular weight excluding hydrogens is 549 g/mol. The molecule has 0 radical (unpaired) electrons. The number of rotatable bonds is 4. The summed E-state index contributed by atoms with van der Waals surface area (Å²) in [6, 6.07) is 4.87. The molecule has 126 valence electrons. The van der Waals surface area contributed by atoms with Gasteiger partial charge in [0.2, 0.25) is 0 Å². The zero-order chi connectivity index (χ0) is 14.1. The van der Waals surface area contributed by atoms with Crippen molar-refractivity contribution in [1.82, 2.24) is 10.2 Å². The first-order chi connectivity index (χ1) is 9.65. The molecule has 2 fully saturated rings. The monoisotopic (exact) mass is 570 g/mol. The van der Waals surface area contributed by atoms with Gasteiger partial charge < -0.3 is 10.4 Å². The predicted molar refractivity (Wildman–Crippen MR) is 113 cm³/mol. The van der Waals surface area contributed by atoms with Crippen LogP contribution in [0.2, 0.25) is 0 Å². The second kappa shape index (κ2) is 9.46. The zero-order valence-electron chi connectivity index (χ0n) is 12.2. The minimum absolute atomic E-state index is 0. The fourth-order valence-electron chi connectivity index (χ4n) is 2.94. The van der Waals surface area contributed by atoms with E-state index >= 15 is 0 Å². The van der Waals surface area contributed by atoms with E-state index in [0.29, 0.717) is 11.8 Å². The van der Waals surface area contributed by atoms with Gasteiger partial charge in [0.25, 0.3) is 0 Å².